The second-order valence-corrected chi connectivity index (χ2v) is 6.90. The minimum atomic E-state index is -0.278. The standard InChI is InChI=1S/C18H29N3O3S/c1-24-17(23)10-5-9-16(22)20-13-6-14-21(20)18(25)19-12-11-15-7-3-2-4-8-15/h7H,2-6,8-14H2,1H3,(H,19,25). The lowest BCUT2D eigenvalue weighted by Crippen LogP contribution is -2.49. The van der Waals surface area contributed by atoms with Crippen molar-refractivity contribution >= 4 is 29.2 Å². The molecule has 7 heteroatoms. The average molecular weight is 368 g/mol. The molecule has 0 atom stereocenters. The van der Waals surface area contributed by atoms with Crippen molar-refractivity contribution in [3.05, 3.63) is 11.6 Å². The van der Waals surface area contributed by atoms with E-state index in [1.807, 2.05) is 5.01 Å². The van der Waals surface area contributed by atoms with Gasteiger partial charge >= 0.3 is 5.97 Å². The van der Waals surface area contributed by atoms with Crippen LogP contribution in [0, 0.1) is 0 Å². The van der Waals surface area contributed by atoms with Gasteiger partial charge in [0.2, 0.25) is 5.91 Å². The highest BCUT2D eigenvalue weighted by molar-refractivity contribution is 7.80. The molecule has 0 aromatic carbocycles. The Bertz CT molecular complexity index is 522. The Morgan fingerprint density at radius 3 is 2.72 bits per heavy atom. The molecule has 1 heterocycles. The Morgan fingerprint density at radius 2 is 2.00 bits per heavy atom. The van der Waals surface area contributed by atoms with E-state index >= 15 is 0 Å². The average Bonchev–Trinajstić information content (AvgIpc) is 3.12. The SMILES string of the molecule is COC(=O)CCCC(=O)N1CCCN1C(=S)NCCC1=CCCCC1. The lowest BCUT2D eigenvalue weighted by atomic mass is 9.97. The first-order chi connectivity index (χ1) is 12.1. The Balaban J connectivity index is 1.73. The molecule has 0 aromatic heterocycles. The molecule has 0 spiro atoms. The van der Waals surface area contributed by atoms with Gasteiger partial charge in [0.05, 0.1) is 7.11 Å². The minimum absolute atomic E-state index is 0.0144. The van der Waals surface area contributed by atoms with Crippen LogP contribution >= 0.6 is 12.2 Å². The van der Waals surface area contributed by atoms with Crippen molar-refractivity contribution in [3.8, 4) is 0 Å². The molecule has 0 aromatic rings. The number of methoxy groups -OCH3 is 1. The first kappa shape index (κ1) is 19.7. The number of amides is 1. The zero-order valence-corrected chi connectivity index (χ0v) is 15.9. The number of ether oxygens (including phenoxy) is 1. The normalized spacial score (nSPS) is 17.2. The molecule has 0 radical (unpaired) electrons. The van der Waals surface area contributed by atoms with Gasteiger partial charge in [-0.25, -0.2) is 0 Å². The molecule has 1 aliphatic carbocycles. The lowest BCUT2D eigenvalue weighted by Gasteiger charge is -2.30. The largest absolute Gasteiger partial charge is 0.469 e. The minimum Gasteiger partial charge on any atom is -0.469 e. The van der Waals surface area contributed by atoms with E-state index in [2.05, 4.69) is 16.1 Å². The van der Waals surface area contributed by atoms with Gasteiger partial charge in [-0.2, -0.15) is 0 Å². The molecule has 6 nitrogen and oxygen atoms in total. The number of hydrogen-bond acceptors (Lipinski definition) is 4. The monoisotopic (exact) mass is 367 g/mol. The van der Waals surface area contributed by atoms with Crippen molar-refractivity contribution in [1.82, 2.24) is 15.3 Å². The van der Waals surface area contributed by atoms with Crippen molar-refractivity contribution in [2.75, 3.05) is 26.7 Å². The lowest BCUT2D eigenvalue weighted by molar-refractivity contribution is -0.141. The summed E-state index contributed by atoms with van der Waals surface area (Å²) in [7, 11) is 1.36. The summed E-state index contributed by atoms with van der Waals surface area (Å²) in [6.45, 7) is 2.26. The third kappa shape index (κ3) is 6.30. The van der Waals surface area contributed by atoms with Crippen LogP contribution < -0.4 is 5.32 Å². The summed E-state index contributed by atoms with van der Waals surface area (Å²) in [5, 5.41) is 7.49. The number of nitrogens with zero attached hydrogens (tertiary/aromatic N) is 2. The Hall–Kier alpha value is -1.63. The fourth-order valence-electron chi connectivity index (χ4n) is 3.25. The summed E-state index contributed by atoms with van der Waals surface area (Å²) in [5.41, 5.74) is 1.51. The quantitative estimate of drug-likeness (QED) is 0.424. The zero-order valence-electron chi connectivity index (χ0n) is 15.1. The molecule has 2 aliphatic rings. The predicted octanol–water partition coefficient (Wildman–Crippen LogP) is 2.54. The summed E-state index contributed by atoms with van der Waals surface area (Å²) >= 11 is 5.48. The van der Waals surface area contributed by atoms with Crippen molar-refractivity contribution in [2.45, 2.75) is 57.8 Å². The van der Waals surface area contributed by atoms with Gasteiger partial charge in [-0.3, -0.25) is 19.6 Å². The zero-order chi connectivity index (χ0) is 18.1. The maximum absolute atomic E-state index is 12.4. The first-order valence-electron chi connectivity index (χ1n) is 9.22. The third-order valence-electron chi connectivity index (χ3n) is 4.66. The van der Waals surface area contributed by atoms with Gasteiger partial charge < -0.3 is 10.1 Å². The van der Waals surface area contributed by atoms with E-state index in [9.17, 15) is 9.59 Å². The van der Waals surface area contributed by atoms with Crippen molar-refractivity contribution < 1.29 is 14.3 Å². The van der Waals surface area contributed by atoms with Gasteiger partial charge in [-0.1, -0.05) is 11.6 Å². The van der Waals surface area contributed by atoms with Crippen LogP contribution in [0.5, 0.6) is 0 Å². The number of hydrazine groups is 1. The van der Waals surface area contributed by atoms with Crippen LogP contribution in [0.3, 0.4) is 0 Å². The van der Waals surface area contributed by atoms with E-state index in [0.29, 0.717) is 24.5 Å². The number of hydrogen-bond donors (Lipinski definition) is 1. The Labute approximate surface area is 155 Å². The van der Waals surface area contributed by atoms with Crippen LogP contribution in [0.15, 0.2) is 11.6 Å². The van der Waals surface area contributed by atoms with E-state index < -0.39 is 0 Å². The van der Waals surface area contributed by atoms with Crippen molar-refractivity contribution in [1.29, 1.82) is 0 Å². The first-order valence-corrected chi connectivity index (χ1v) is 9.63. The van der Waals surface area contributed by atoms with Gasteiger partial charge in [0.15, 0.2) is 5.11 Å². The maximum atomic E-state index is 12.4. The Kier molecular flexibility index (Phi) is 8.18. The van der Waals surface area contributed by atoms with Crippen LogP contribution in [0.25, 0.3) is 0 Å². The van der Waals surface area contributed by atoms with E-state index in [-0.39, 0.29) is 18.3 Å². The molecule has 1 aliphatic heterocycles. The fraction of sp³-hybridized carbons (Fsp3) is 0.722. The number of thiocarbonyl (C=S) groups is 1. The van der Waals surface area contributed by atoms with E-state index in [4.69, 9.17) is 12.2 Å². The van der Waals surface area contributed by atoms with Gasteiger partial charge in [-0.15, -0.1) is 0 Å². The highest BCUT2D eigenvalue weighted by Crippen LogP contribution is 2.19. The van der Waals surface area contributed by atoms with Crippen LogP contribution in [0.1, 0.15) is 57.8 Å². The summed E-state index contributed by atoms with van der Waals surface area (Å²) in [6.07, 6.45) is 10.4. The molecule has 1 amide bonds. The van der Waals surface area contributed by atoms with Gasteiger partial charge in [0.25, 0.3) is 0 Å². The summed E-state index contributed by atoms with van der Waals surface area (Å²) in [4.78, 5) is 23.5. The van der Waals surface area contributed by atoms with Crippen LogP contribution in [0.2, 0.25) is 0 Å². The summed E-state index contributed by atoms with van der Waals surface area (Å²) in [5.74, 6) is -0.263. The molecule has 1 N–H and O–H groups in total. The number of nitrogens with one attached hydrogen (secondary N) is 1. The molecule has 25 heavy (non-hydrogen) atoms. The topological polar surface area (TPSA) is 61.9 Å². The van der Waals surface area contributed by atoms with Crippen LogP contribution in [0.4, 0.5) is 0 Å². The molecular weight excluding hydrogens is 338 g/mol. The van der Waals surface area contributed by atoms with Gasteiger partial charge in [0, 0.05) is 32.5 Å². The van der Waals surface area contributed by atoms with Crippen LogP contribution in [-0.2, 0) is 14.3 Å². The molecule has 140 valence electrons. The van der Waals surface area contributed by atoms with E-state index in [0.717, 1.165) is 25.9 Å². The summed E-state index contributed by atoms with van der Waals surface area (Å²) in [6, 6.07) is 0. The number of rotatable bonds is 7. The summed E-state index contributed by atoms with van der Waals surface area (Å²) < 4.78 is 4.60. The molecule has 1 saturated heterocycles. The third-order valence-corrected chi connectivity index (χ3v) is 5.02. The molecule has 0 saturated carbocycles. The number of esters is 1. The highest BCUT2D eigenvalue weighted by atomic mass is 32.1. The van der Waals surface area contributed by atoms with Gasteiger partial charge in [0.1, 0.15) is 0 Å². The van der Waals surface area contributed by atoms with Crippen molar-refractivity contribution in [2.24, 2.45) is 0 Å². The molecule has 0 bridgehead atoms. The highest BCUT2D eigenvalue weighted by Gasteiger charge is 2.28. The second kappa shape index (κ2) is 10.4. The number of carbonyl (C=O) groups excluding carboxylic acids is 2. The predicted molar refractivity (Wildman–Crippen MR) is 101 cm³/mol. The maximum Gasteiger partial charge on any atom is 0.305 e. The smallest absolute Gasteiger partial charge is 0.305 e. The fourth-order valence-corrected chi connectivity index (χ4v) is 3.54. The van der Waals surface area contributed by atoms with Crippen molar-refractivity contribution in [3.63, 3.8) is 0 Å². The number of carbonyl (C=O) groups is 2. The Morgan fingerprint density at radius 1 is 1.20 bits per heavy atom. The molecule has 2 rings (SSSR count). The van der Waals surface area contributed by atoms with Crippen LogP contribution in [-0.4, -0.2) is 53.8 Å². The molecular formula is C18H29N3O3S. The molecule has 0 unspecified atom stereocenters. The van der Waals surface area contributed by atoms with E-state index in [1.54, 1.807) is 5.01 Å². The molecule has 1 fully saturated rings. The van der Waals surface area contributed by atoms with Gasteiger partial charge in [-0.05, 0) is 57.2 Å². The number of allylic oxidation sites excluding steroid dienone is 1. The second-order valence-electron chi connectivity index (χ2n) is 6.51. The van der Waals surface area contributed by atoms with E-state index in [1.165, 1.54) is 38.4 Å².